The highest BCUT2D eigenvalue weighted by Crippen LogP contribution is 2.29. The number of hydrogen-bond donors (Lipinski definition) is 2. The van der Waals surface area contributed by atoms with Gasteiger partial charge in [0.05, 0.1) is 5.56 Å². The maximum atomic E-state index is 12.3. The van der Waals surface area contributed by atoms with E-state index in [0.29, 0.717) is 17.1 Å². The van der Waals surface area contributed by atoms with Crippen molar-refractivity contribution in [3.8, 4) is 11.5 Å². The summed E-state index contributed by atoms with van der Waals surface area (Å²) in [7, 11) is 0. The molecule has 0 spiro atoms. The van der Waals surface area contributed by atoms with Crippen molar-refractivity contribution in [3.63, 3.8) is 0 Å². The van der Waals surface area contributed by atoms with Gasteiger partial charge >= 0.3 is 0 Å². The molecule has 1 aliphatic carbocycles. The van der Waals surface area contributed by atoms with Crippen LogP contribution in [0, 0.1) is 5.92 Å². The maximum Gasteiger partial charge on any atom is 0.273 e. The fourth-order valence-corrected chi connectivity index (χ4v) is 2.41. The molecule has 0 bridgehead atoms. The number of para-hydroxylation sites is 1. The Bertz CT molecular complexity index is 744. The van der Waals surface area contributed by atoms with Crippen molar-refractivity contribution in [1.82, 2.24) is 10.9 Å². The first-order chi connectivity index (χ1) is 11.1. The van der Waals surface area contributed by atoms with Gasteiger partial charge in [-0.15, -0.1) is 0 Å². The SMILES string of the molecule is O=C(NNC(=O)C1CC1)c1ccccc1Oc1cccc(Br)c1. The number of carbonyl (C=O) groups excluding carboxylic acids is 2. The molecule has 5 nitrogen and oxygen atoms in total. The molecule has 6 heteroatoms. The molecule has 2 aromatic rings. The summed E-state index contributed by atoms with van der Waals surface area (Å²) in [5, 5.41) is 0. The summed E-state index contributed by atoms with van der Waals surface area (Å²) in [6.45, 7) is 0. The van der Waals surface area contributed by atoms with Crippen molar-refractivity contribution in [2.45, 2.75) is 12.8 Å². The molecule has 1 fully saturated rings. The molecule has 1 aliphatic rings. The summed E-state index contributed by atoms with van der Waals surface area (Å²) in [6, 6.07) is 14.2. The molecule has 2 amide bonds. The summed E-state index contributed by atoms with van der Waals surface area (Å²) in [5.74, 6) is 0.502. The molecular weight excluding hydrogens is 360 g/mol. The molecule has 0 aliphatic heterocycles. The molecular formula is C17H15BrN2O3. The molecule has 0 unspecified atom stereocenters. The van der Waals surface area contributed by atoms with Crippen LogP contribution in [0.15, 0.2) is 53.0 Å². The maximum absolute atomic E-state index is 12.3. The second kappa shape index (κ2) is 6.83. The Hall–Kier alpha value is -2.34. The zero-order valence-corrected chi connectivity index (χ0v) is 13.8. The fraction of sp³-hybridized carbons (Fsp3) is 0.176. The van der Waals surface area contributed by atoms with Crippen molar-refractivity contribution in [3.05, 3.63) is 58.6 Å². The van der Waals surface area contributed by atoms with Crippen LogP contribution in [0.3, 0.4) is 0 Å². The number of ether oxygens (including phenoxy) is 1. The third-order valence-corrected chi connectivity index (χ3v) is 3.90. The summed E-state index contributed by atoms with van der Waals surface area (Å²) in [5.41, 5.74) is 5.22. The molecule has 0 atom stereocenters. The van der Waals surface area contributed by atoms with E-state index >= 15 is 0 Å². The number of halogens is 1. The fourth-order valence-electron chi connectivity index (χ4n) is 2.03. The van der Waals surface area contributed by atoms with Crippen LogP contribution in [-0.4, -0.2) is 11.8 Å². The number of carbonyl (C=O) groups is 2. The van der Waals surface area contributed by atoms with Gasteiger partial charge in [0.2, 0.25) is 5.91 Å². The number of hydrogen-bond acceptors (Lipinski definition) is 3. The van der Waals surface area contributed by atoms with E-state index < -0.39 is 5.91 Å². The first-order valence-electron chi connectivity index (χ1n) is 7.26. The van der Waals surface area contributed by atoms with E-state index in [1.165, 1.54) is 0 Å². The van der Waals surface area contributed by atoms with E-state index in [1.807, 2.05) is 18.2 Å². The van der Waals surface area contributed by atoms with E-state index in [2.05, 4.69) is 26.8 Å². The molecule has 0 radical (unpaired) electrons. The normalized spacial score (nSPS) is 13.3. The minimum atomic E-state index is -0.412. The molecule has 3 rings (SSSR count). The summed E-state index contributed by atoms with van der Waals surface area (Å²) >= 11 is 3.38. The lowest BCUT2D eigenvalue weighted by Crippen LogP contribution is -2.42. The van der Waals surface area contributed by atoms with Gasteiger partial charge in [0.25, 0.3) is 5.91 Å². The predicted octanol–water partition coefficient (Wildman–Crippen LogP) is 3.41. The van der Waals surface area contributed by atoms with Gasteiger partial charge in [-0.25, -0.2) is 0 Å². The Morgan fingerprint density at radius 3 is 2.57 bits per heavy atom. The van der Waals surface area contributed by atoms with Gasteiger partial charge < -0.3 is 4.74 Å². The van der Waals surface area contributed by atoms with Gasteiger partial charge in [0.15, 0.2) is 0 Å². The molecule has 118 valence electrons. The Morgan fingerprint density at radius 1 is 1.04 bits per heavy atom. The van der Waals surface area contributed by atoms with Crippen molar-refractivity contribution < 1.29 is 14.3 Å². The average Bonchev–Trinajstić information content (AvgIpc) is 3.38. The summed E-state index contributed by atoms with van der Waals surface area (Å²) in [6.07, 6.45) is 1.76. The van der Waals surface area contributed by atoms with Gasteiger partial charge in [-0.2, -0.15) is 0 Å². The second-order valence-corrected chi connectivity index (χ2v) is 6.19. The topological polar surface area (TPSA) is 67.4 Å². The highest BCUT2D eigenvalue weighted by Gasteiger charge is 2.29. The molecule has 2 N–H and O–H groups in total. The number of amides is 2. The summed E-state index contributed by atoms with van der Waals surface area (Å²) < 4.78 is 6.66. The van der Waals surface area contributed by atoms with E-state index in [1.54, 1.807) is 30.3 Å². The van der Waals surface area contributed by atoms with Crippen molar-refractivity contribution in [1.29, 1.82) is 0 Å². The smallest absolute Gasteiger partial charge is 0.273 e. The van der Waals surface area contributed by atoms with Crippen LogP contribution >= 0.6 is 15.9 Å². The minimum Gasteiger partial charge on any atom is -0.456 e. The van der Waals surface area contributed by atoms with Gasteiger partial charge in [0, 0.05) is 10.4 Å². The van der Waals surface area contributed by atoms with Crippen LogP contribution in [0.25, 0.3) is 0 Å². The first kappa shape index (κ1) is 15.6. The first-order valence-corrected chi connectivity index (χ1v) is 8.05. The lowest BCUT2D eigenvalue weighted by molar-refractivity contribution is -0.123. The largest absolute Gasteiger partial charge is 0.456 e. The molecule has 23 heavy (non-hydrogen) atoms. The molecule has 2 aromatic carbocycles. The Balaban J connectivity index is 1.71. The highest BCUT2D eigenvalue weighted by molar-refractivity contribution is 9.10. The van der Waals surface area contributed by atoms with Gasteiger partial charge in [-0.3, -0.25) is 20.4 Å². The summed E-state index contributed by atoms with van der Waals surface area (Å²) in [4.78, 5) is 23.8. The van der Waals surface area contributed by atoms with E-state index in [0.717, 1.165) is 17.3 Å². The predicted molar refractivity (Wildman–Crippen MR) is 89.0 cm³/mol. The standard InChI is InChI=1S/C17H15BrN2O3/c18-12-4-3-5-13(10-12)23-15-7-2-1-6-14(15)17(22)20-19-16(21)11-8-9-11/h1-7,10-11H,8-9H2,(H,19,21)(H,20,22). The van der Waals surface area contributed by atoms with Crippen molar-refractivity contribution >= 4 is 27.7 Å². The second-order valence-electron chi connectivity index (χ2n) is 5.27. The Kier molecular flexibility index (Phi) is 4.62. The minimum absolute atomic E-state index is 0.0310. The third kappa shape index (κ3) is 4.10. The zero-order chi connectivity index (χ0) is 16.2. The lowest BCUT2D eigenvalue weighted by Gasteiger charge is -2.12. The van der Waals surface area contributed by atoms with Crippen LogP contribution < -0.4 is 15.6 Å². The van der Waals surface area contributed by atoms with Gasteiger partial charge in [-0.1, -0.05) is 34.1 Å². The zero-order valence-electron chi connectivity index (χ0n) is 12.2. The molecule has 1 saturated carbocycles. The van der Waals surface area contributed by atoms with E-state index in [-0.39, 0.29) is 11.8 Å². The monoisotopic (exact) mass is 374 g/mol. The van der Waals surface area contributed by atoms with Crippen LogP contribution in [0.2, 0.25) is 0 Å². The third-order valence-electron chi connectivity index (χ3n) is 3.40. The van der Waals surface area contributed by atoms with Crippen molar-refractivity contribution in [2.75, 3.05) is 0 Å². The average molecular weight is 375 g/mol. The Morgan fingerprint density at radius 2 is 1.83 bits per heavy atom. The van der Waals surface area contributed by atoms with Crippen LogP contribution in [0.5, 0.6) is 11.5 Å². The van der Waals surface area contributed by atoms with Crippen LogP contribution in [0.4, 0.5) is 0 Å². The van der Waals surface area contributed by atoms with Crippen LogP contribution in [0.1, 0.15) is 23.2 Å². The number of benzene rings is 2. The molecule has 0 saturated heterocycles. The van der Waals surface area contributed by atoms with E-state index in [4.69, 9.17) is 4.74 Å². The van der Waals surface area contributed by atoms with Gasteiger partial charge in [-0.05, 0) is 43.2 Å². The molecule has 0 heterocycles. The number of hydrazine groups is 1. The molecule has 0 aromatic heterocycles. The van der Waals surface area contributed by atoms with E-state index in [9.17, 15) is 9.59 Å². The van der Waals surface area contributed by atoms with Gasteiger partial charge in [0.1, 0.15) is 11.5 Å². The number of rotatable bonds is 4. The quantitative estimate of drug-likeness (QED) is 0.805. The Labute approximate surface area is 142 Å². The number of nitrogens with one attached hydrogen (secondary N) is 2. The van der Waals surface area contributed by atoms with Crippen LogP contribution in [-0.2, 0) is 4.79 Å². The lowest BCUT2D eigenvalue weighted by atomic mass is 10.2. The highest BCUT2D eigenvalue weighted by atomic mass is 79.9. The van der Waals surface area contributed by atoms with Crippen molar-refractivity contribution in [2.24, 2.45) is 5.92 Å².